The Morgan fingerprint density at radius 3 is 2.84 bits per heavy atom. The smallest absolute Gasteiger partial charge is 0.303 e. The van der Waals surface area contributed by atoms with Crippen LogP contribution in [-0.4, -0.2) is 47.9 Å². The van der Waals surface area contributed by atoms with Gasteiger partial charge < -0.3 is 14.9 Å². The molecule has 1 aromatic carbocycles. The molecule has 0 aromatic heterocycles. The van der Waals surface area contributed by atoms with Crippen molar-refractivity contribution in [1.29, 1.82) is 0 Å². The number of likely N-dealkylation sites (tertiary alicyclic amines) is 1. The van der Waals surface area contributed by atoms with Gasteiger partial charge in [0.2, 0.25) is 5.91 Å². The Morgan fingerprint density at radius 1 is 1.28 bits per heavy atom. The molecule has 2 amide bonds. The molecular weight excluding hydrogens is 320 g/mol. The molecular formula is C19H24N2O4. The Labute approximate surface area is 147 Å². The predicted molar refractivity (Wildman–Crippen MR) is 93.7 cm³/mol. The molecule has 1 unspecified atom stereocenters. The van der Waals surface area contributed by atoms with Crippen LogP contribution in [0.1, 0.15) is 48.0 Å². The van der Waals surface area contributed by atoms with Gasteiger partial charge >= 0.3 is 5.97 Å². The zero-order valence-corrected chi connectivity index (χ0v) is 14.5. The molecule has 1 atom stereocenters. The summed E-state index contributed by atoms with van der Waals surface area (Å²) in [4.78, 5) is 38.9. The van der Waals surface area contributed by atoms with Gasteiger partial charge in [0.25, 0.3) is 5.91 Å². The first-order valence-electron chi connectivity index (χ1n) is 8.86. The fraction of sp³-hybridized carbons (Fsp3) is 0.526. The second kappa shape index (κ2) is 7.25. The van der Waals surface area contributed by atoms with E-state index in [0.717, 1.165) is 30.6 Å². The average Bonchev–Trinajstić information content (AvgIpc) is 2.62. The number of fused-ring (bicyclic) bond motifs is 1. The van der Waals surface area contributed by atoms with Crippen LogP contribution >= 0.6 is 0 Å². The Balaban J connectivity index is 1.70. The third-order valence-electron chi connectivity index (χ3n) is 5.24. The zero-order chi connectivity index (χ0) is 18.0. The molecule has 6 nitrogen and oxygen atoms in total. The number of aliphatic carboxylic acids is 1. The number of benzene rings is 1. The second-order valence-corrected chi connectivity index (χ2v) is 6.99. The third-order valence-corrected chi connectivity index (χ3v) is 5.24. The first-order chi connectivity index (χ1) is 12.0. The zero-order valence-electron chi connectivity index (χ0n) is 14.5. The lowest BCUT2D eigenvalue weighted by molar-refractivity contribution is -0.137. The van der Waals surface area contributed by atoms with Gasteiger partial charge in [-0.05, 0) is 55.4 Å². The summed E-state index contributed by atoms with van der Waals surface area (Å²) in [6.07, 6.45) is 3.82. The normalized spacial score (nSPS) is 20.4. The summed E-state index contributed by atoms with van der Waals surface area (Å²) in [7, 11) is 1.76. The van der Waals surface area contributed by atoms with Crippen molar-refractivity contribution in [2.24, 2.45) is 5.92 Å². The monoisotopic (exact) mass is 344 g/mol. The van der Waals surface area contributed by atoms with Crippen LogP contribution in [0.25, 0.3) is 0 Å². The topological polar surface area (TPSA) is 77.9 Å². The molecule has 1 aromatic rings. The van der Waals surface area contributed by atoms with E-state index in [0.29, 0.717) is 31.4 Å². The summed E-state index contributed by atoms with van der Waals surface area (Å²) in [5.41, 5.74) is 2.57. The van der Waals surface area contributed by atoms with Crippen molar-refractivity contribution in [3.63, 3.8) is 0 Å². The van der Waals surface area contributed by atoms with E-state index in [1.54, 1.807) is 18.0 Å². The summed E-state index contributed by atoms with van der Waals surface area (Å²) < 4.78 is 0. The van der Waals surface area contributed by atoms with Crippen molar-refractivity contribution < 1.29 is 19.5 Å². The Bertz CT molecular complexity index is 701. The number of carbonyl (C=O) groups excluding carboxylic acids is 2. The maximum absolute atomic E-state index is 12.8. The molecule has 2 heterocycles. The number of nitrogens with zero attached hydrogens (tertiary/aromatic N) is 2. The van der Waals surface area contributed by atoms with E-state index in [1.807, 2.05) is 17.0 Å². The van der Waals surface area contributed by atoms with E-state index in [4.69, 9.17) is 5.11 Å². The maximum Gasteiger partial charge on any atom is 0.303 e. The van der Waals surface area contributed by atoms with Crippen molar-refractivity contribution >= 4 is 23.5 Å². The molecule has 0 bridgehead atoms. The van der Waals surface area contributed by atoms with E-state index in [9.17, 15) is 14.4 Å². The van der Waals surface area contributed by atoms with E-state index in [-0.39, 0.29) is 24.2 Å². The van der Waals surface area contributed by atoms with Gasteiger partial charge in [0.1, 0.15) is 0 Å². The molecule has 2 aliphatic heterocycles. The Hall–Kier alpha value is -2.37. The lowest BCUT2D eigenvalue weighted by Crippen LogP contribution is -2.40. The van der Waals surface area contributed by atoms with Crippen LogP contribution in [-0.2, 0) is 16.0 Å². The van der Waals surface area contributed by atoms with Gasteiger partial charge in [-0.25, -0.2) is 0 Å². The molecule has 0 saturated carbocycles. The number of hydrogen-bond donors (Lipinski definition) is 1. The van der Waals surface area contributed by atoms with Crippen molar-refractivity contribution in [3.8, 4) is 0 Å². The first kappa shape index (κ1) is 17.5. The number of aryl methyl sites for hydroxylation is 1. The third kappa shape index (κ3) is 3.83. The molecule has 1 saturated heterocycles. The number of anilines is 1. The van der Waals surface area contributed by atoms with Crippen molar-refractivity contribution in [2.45, 2.75) is 38.5 Å². The van der Waals surface area contributed by atoms with Crippen molar-refractivity contribution in [3.05, 3.63) is 29.3 Å². The fourth-order valence-corrected chi connectivity index (χ4v) is 3.78. The number of carbonyl (C=O) groups is 3. The number of amides is 2. The molecule has 2 aliphatic rings. The molecule has 134 valence electrons. The second-order valence-electron chi connectivity index (χ2n) is 6.99. The largest absolute Gasteiger partial charge is 0.481 e. The van der Waals surface area contributed by atoms with Crippen LogP contribution in [0, 0.1) is 5.92 Å². The van der Waals surface area contributed by atoms with Crippen LogP contribution in [0.15, 0.2) is 18.2 Å². The van der Waals surface area contributed by atoms with Crippen LogP contribution < -0.4 is 4.90 Å². The lowest BCUT2D eigenvalue weighted by atomic mass is 9.92. The van der Waals surface area contributed by atoms with E-state index in [2.05, 4.69) is 0 Å². The lowest BCUT2D eigenvalue weighted by Gasteiger charge is -2.33. The summed E-state index contributed by atoms with van der Waals surface area (Å²) in [6, 6.07) is 5.55. The highest BCUT2D eigenvalue weighted by atomic mass is 16.4. The quantitative estimate of drug-likeness (QED) is 0.909. The minimum atomic E-state index is -0.781. The summed E-state index contributed by atoms with van der Waals surface area (Å²) in [5.74, 6) is -0.418. The van der Waals surface area contributed by atoms with E-state index < -0.39 is 5.97 Å². The number of carboxylic acids is 1. The van der Waals surface area contributed by atoms with E-state index in [1.165, 1.54) is 0 Å². The number of rotatable bonds is 4. The minimum Gasteiger partial charge on any atom is -0.481 e. The van der Waals surface area contributed by atoms with Crippen LogP contribution in [0.3, 0.4) is 0 Å². The standard InChI is InChI=1S/C19H24N2O4/c1-20-16-7-5-15(11-14(16)6-8-17(20)22)19(25)21-10-2-3-13(12-21)4-9-18(23)24/h5,7,11,13H,2-4,6,8-10,12H2,1H3,(H,23,24). The highest BCUT2D eigenvalue weighted by Gasteiger charge is 2.27. The van der Waals surface area contributed by atoms with Gasteiger partial charge in [0.15, 0.2) is 0 Å². The predicted octanol–water partition coefficient (Wildman–Crippen LogP) is 2.31. The molecule has 0 spiro atoms. The summed E-state index contributed by atoms with van der Waals surface area (Å²) in [6.45, 7) is 1.35. The fourth-order valence-electron chi connectivity index (χ4n) is 3.78. The molecule has 3 rings (SSSR count). The molecule has 0 radical (unpaired) electrons. The molecule has 1 N–H and O–H groups in total. The highest BCUT2D eigenvalue weighted by Crippen LogP contribution is 2.29. The molecule has 25 heavy (non-hydrogen) atoms. The molecule has 6 heteroatoms. The number of piperidine rings is 1. The minimum absolute atomic E-state index is 0.00220. The van der Waals surface area contributed by atoms with Gasteiger partial charge in [-0.1, -0.05) is 0 Å². The van der Waals surface area contributed by atoms with Gasteiger partial charge in [-0.15, -0.1) is 0 Å². The van der Waals surface area contributed by atoms with Crippen LogP contribution in [0.5, 0.6) is 0 Å². The van der Waals surface area contributed by atoms with Crippen LogP contribution in [0.2, 0.25) is 0 Å². The van der Waals surface area contributed by atoms with Crippen LogP contribution in [0.4, 0.5) is 5.69 Å². The maximum atomic E-state index is 12.8. The SMILES string of the molecule is CN1C(=O)CCc2cc(C(=O)N3CCCC(CCC(=O)O)C3)ccc21. The Morgan fingerprint density at radius 2 is 2.08 bits per heavy atom. The molecule has 1 fully saturated rings. The first-order valence-corrected chi connectivity index (χ1v) is 8.86. The van der Waals surface area contributed by atoms with Gasteiger partial charge in [0, 0.05) is 44.2 Å². The molecule has 0 aliphatic carbocycles. The van der Waals surface area contributed by atoms with Gasteiger partial charge in [0.05, 0.1) is 0 Å². The van der Waals surface area contributed by atoms with Gasteiger partial charge in [-0.3, -0.25) is 14.4 Å². The van der Waals surface area contributed by atoms with E-state index >= 15 is 0 Å². The number of hydrogen-bond acceptors (Lipinski definition) is 3. The summed E-state index contributed by atoms with van der Waals surface area (Å²) in [5, 5.41) is 8.84. The Kier molecular flexibility index (Phi) is 5.06. The van der Waals surface area contributed by atoms with Gasteiger partial charge in [-0.2, -0.15) is 0 Å². The van der Waals surface area contributed by atoms with Crippen molar-refractivity contribution in [2.75, 3.05) is 25.0 Å². The number of carboxylic acid groups (broad SMARTS) is 1. The average molecular weight is 344 g/mol. The summed E-state index contributed by atoms with van der Waals surface area (Å²) >= 11 is 0. The van der Waals surface area contributed by atoms with Crippen molar-refractivity contribution in [1.82, 2.24) is 4.90 Å². The highest BCUT2D eigenvalue weighted by molar-refractivity contribution is 5.99.